The highest BCUT2D eigenvalue weighted by atomic mass is 79.9. The molecule has 0 N–H and O–H groups in total. The number of benzene rings is 3. The number of nitrogens with zero attached hydrogens (tertiary/aromatic N) is 2. The molecule has 4 aromatic rings. The van der Waals surface area contributed by atoms with Crippen LogP contribution in [0.4, 0.5) is 11.4 Å². The third-order valence-corrected chi connectivity index (χ3v) is 6.41. The molecule has 0 amide bonds. The van der Waals surface area contributed by atoms with E-state index in [1.165, 1.54) is 0 Å². The second-order valence-electron chi connectivity index (χ2n) is 8.31. The first kappa shape index (κ1) is 26.2. The van der Waals surface area contributed by atoms with Crippen LogP contribution < -0.4 is 50.1 Å². The molecule has 0 fully saturated rings. The third kappa shape index (κ3) is 4.53. The van der Waals surface area contributed by atoms with Gasteiger partial charge in [0.2, 0.25) is 11.4 Å². The lowest BCUT2D eigenvalue weighted by atomic mass is 10.0. The Labute approximate surface area is 227 Å². The van der Waals surface area contributed by atoms with Crippen molar-refractivity contribution in [1.29, 1.82) is 0 Å². The van der Waals surface area contributed by atoms with E-state index < -0.39 is 0 Å². The molecule has 1 aliphatic rings. The Morgan fingerprint density at radius 3 is 1.95 bits per heavy atom. The fourth-order valence-electron chi connectivity index (χ4n) is 4.78. The molecule has 3 aromatic carbocycles. The minimum absolute atomic E-state index is 0. The van der Waals surface area contributed by atoms with Crippen molar-refractivity contribution in [2.24, 2.45) is 0 Å². The minimum Gasteiger partial charge on any atom is -1.00 e. The highest BCUT2D eigenvalue weighted by Crippen LogP contribution is 2.49. The maximum absolute atomic E-state index is 5.89. The predicted octanol–water partition coefficient (Wildman–Crippen LogP) is 2.34. The summed E-state index contributed by atoms with van der Waals surface area (Å²) in [5, 5.41) is 2.14. The monoisotopic (exact) mass is 564 g/mol. The summed E-state index contributed by atoms with van der Waals surface area (Å²) in [6.07, 6.45) is 6.28. The molecule has 0 spiro atoms. The molecule has 5 rings (SSSR count). The number of halogens is 1. The fourth-order valence-corrected chi connectivity index (χ4v) is 4.78. The molecule has 8 heteroatoms. The van der Waals surface area contributed by atoms with E-state index in [9.17, 15) is 0 Å². The van der Waals surface area contributed by atoms with Crippen LogP contribution in [-0.4, -0.2) is 35.5 Å². The van der Waals surface area contributed by atoms with Crippen LogP contribution in [0.25, 0.3) is 16.8 Å². The number of methoxy groups -OCH3 is 5. The highest BCUT2D eigenvalue weighted by Gasteiger charge is 2.29. The van der Waals surface area contributed by atoms with Crippen LogP contribution in [0.3, 0.4) is 0 Å². The van der Waals surface area contributed by atoms with Crippen LogP contribution in [0.15, 0.2) is 67.0 Å². The molecule has 2 heterocycles. The molecular weight excluding hydrogens is 536 g/mol. The molecule has 1 aromatic heterocycles. The van der Waals surface area contributed by atoms with E-state index in [1.807, 2.05) is 36.4 Å². The molecule has 192 valence electrons. The van der Waals surface area contributed by atoms with Gasteiger partial charge in [-0.1, -0.05) is 18.2 Å². The Morgan fingerprint density at radius 1 is 0.730 bits per heavy atom. The van der Waals surface area contributed by atoms with E-state index in [-0.39, 0.29) is 17.0 Å². The van der Waals surface area contributed by atoms with Crippen LogP contribution in [0.5, 0.6) is 28.7 Å². The van der Waals surface area contributed by atoms with Gasteiger partial charge in [0.25, 0.3) is 0 Å². The molecule has 0 radical (unpaired) electrons. The second-order valence-corrected chi connectivity index (χ2v) is 8.31. The molecule has 0 saturated carbocycles. The van der Waals surface area contributed by atoms with Crippen LogP contribution in [0.2, 0.25) is 0 Å². The Balaban J connectivity index is 0.00000320. The average Bonchev–Trinajstić information content (AvgIpc) is 2.93. The van der Waals surface area contributed by atoms with Crippen molar-refractivity contribution in [2.75, 3.05) is 40.4 Å². The van der Waals surface area contributed by atoms with Gasteiger partial charge in [0, 0.05) is 35.0 Å². The number of aromatic nitrogens is 1. The van der Waals surface area contributed by atoms with Gasteiger partial charge in [-0.25, -0.2) is 0 Å². The first-order valence-corrected chi connectivity index (χ1v) is 11.6. The number of hydrogen-bond acceptors (Lipinski definition) is 6. The summed E-state index contributed by atoms with van der Waals surface area (Å²) in [6, 6.07) is 18.3. The van der Waals surface area contributed by atoms with E-state index in [0.29, 0.717) is 35.3 Å². The topological polar surface area (TPSA) is 53.3 Å². The molecule has 0 unspecified atom stereocenters. The largest absolute Gasteiger partial charge is 1.00 e. The predicted molar refractivity (Wildman–Crippen MR) is 140 cm³/mol. The van der Waals surface area contributed by atoms with Gasteiger partial charge in [-0.15, -0.1) is 0 Å². The quantitative estimate of drug-likeness (QED) is 0.306. The van der Waals surface area contributed by atoms with Crippen molar-refractivity contribution in [3.8, 4) is 28.7 Å². The van der Waals surface area contributed by atoms with E-state index in [4.69, 9.17) is 23.7 Å². The Bertz CT molecular complexity index is 1430. The summed E-state index contributed by atoms with van der Waals surface area (Å²) in [5.41, 5.74) is 4.05. The van der Waals surface area contributed by atoms with Gasteiger partial charge in [0.15, 0.2) is 35.7 Å². The summed E-state index contributed by atoms with van der Waals surface area (Å²) >= 11 is 0. The molecule has 0 atom stereocenters. The number of anilines is 2. The zero-order valence-electron chi connectivity index (χ0n) is 21.4. The van der Waals surface area contributed by atoms with Gasteiger partial charge in [-0.05, 0) is 30.3 Å². The SMILES string of the molecule is COc1cc(C[n+]2ccc3cc(OC)c(OC)c4c3c2C=CN4c2ccccc2)cc(OC)c1OC.[Br-]. The summed E-state index contributed by atoms with van der Waals surface area (Å²) in [7, 11) is 8.20. The Morgan fingerprint density at radius 2 is 1.35 bits per heavy atom. The lowest BCUT2D eigenvalue weighted by Gasteiger charge is -2.28. The van der Waals surface area contributed by atoms with Crippen LogP contribution in [-0.2, 0) is 6.54 Å². The van der Waals surface area contributed by atoms with Gasteiger partial charge in [-0.2, -0.15) is 4.57 Å². The smallest absolute Gasteiger partial charge is 0.217 e. The molecule has 1 aliphatic heterocycles. The van der Waals surface area contributed by atoms with E-state index >= 15 is 0 Å². The fraction of sp³-hybridized carbons (Fsp3) is 0.207. The van der Waals surface area contributed by atoms with Crippen LogP contribution in [0.1, 0.15) is 11.3 Å². The van der Waals surface area contributed by atoms with Gasteiger partial charge >= 0.3 is 0 Å². The van der Waals surface area contributed by atoms with Crippen molar-refractivity contribution in [3.05, 3.63) is 78.3 Å². The first-order chi connectivity index (χ1) is 17.6. The summed E-state index contributed by atoms with van der Waals surface area (Å²) in [5.74, 6) is 3.19. The van der Waals surface area contributed by atoms with E-state index in [2.05, 4.69) is 46.1 Å². The Kier molecular flexibility index (Phi) is 7.78. The zero-order chi connectivity index (χ0) is 25.2. The molecule has 37 heavy (non-hydrogen) atoms. The van der Waals surface area contributed by atoms with Crippen molar-refractivity contribution < 1.29 is 45.2 Å². The number of pyridine rings is 1. The highest BCUT2D eigenvalue weighted by molar-refractivity contribution is 6.06. The average molecular weight is 565 g/mol. The maximum Gasteiger partial charge on any atom is 0.217 e. The first-order valence-electron chi connectivity index (χ1n) is 11.6. The molecule has 7 nitrogen and oxygen atoms in total. The van der Waals surface area contributed by atoms with Crippen molar-refractivity contribution in [2.45, 2.75) is 6.54 Å². The van der Waals surface area contributed by atoms with E-state index in [1.54, 1.807) is 35.5 Å². The number of para-hydroxylation sites is 1. The normalized spacial score (nSPS) is 11.6. The zero-order valence-corrected chi connectivity index (χ0v) is 23.0. The third-order valence-electron chi connectivity index (χ3n) is 6.41. The Hall–Kier alpha value is -3.91. The van der Waals surface area contributed by atoms with Crippen LogP contribution >= 0.6 is 0 Å². The molecule has 0 saturated heterocycles. The lowest BCUT2D eigenvalue weighted by Crippen LogP contribution is -3.00. The van der Waals surface area contributed by atoms with Gasteiger partial charge in [-0.3, -0.25) is 0 Å². The maximum atomic E-state index is 5.89. The molecule has 0 bridgehead atoms. The summed E-state index contributed by atoms with van der Waals surface area (Å²) in [6.45, 7) is 0.603. The van der Waals surface area contributed by atoms with Crippen LogP contribution in [0, 0.1) is 0 Å². The van der Waals surface area contributed by atoms with Gasteiger partial charge in [0.05, 0.1) is 40.9 Å². The summed E-state index contributed by atoms with van der Waals surface area (Å²) in [4.78, 5) is 2.14. The van der Waals surface area contributed by atoms with Gasteiger partial charge < -0.3 is 45.6 Å². The number of ether oxygens (including phenoxy) is 5. The molecular formula is C29H29BrN2O5. The number of rotatable bonds is 8. The van der Waals surface area contributed by atoms with Crippen molar-refractivity contribution in [3.63, 3.8) is 0 Å². The lowest BCUT2D eigenvalue weighted by molar-refractivity contribution is -0.688. The summed E-state index contributed by atoms with van der Waals surface area (Å²) < 4.78 is 30.4. The van der Waals surface area contributed by atoms with Crippen molar-refractivity contribution >= 4 is 28.2 Å². The van der Waals surface area contributed by atoms with Gasteiger partial charge in [0.1, 0.15) is 5.69 Å². The van der Waals surface area contributed by atoms with E-state index in [0.717, 1.165) is 33.4 Å². The number of hydrogen-bond donors (Lipinski definition) is 0. The molecule has 0 aliphatic carbocycles. The second kappa shape index (κ2) is 11.0. The minimum atomic E-state index is 0. The van der Waals surface area contributed by atoms with Crippen molar-refractivity contribution in [1.82, 2.24) is 0 Å². The standard InChI is InChI=1S/C29H29N2O5.BrH/c1-32-23-15-19(16-24(33-2)28(23)35-4)18-30-13-11-20-17-25(34-3)29(36-5)27-26(20)22(30)12-14-31(27)21-9-7-6-8-10-21;/h6-17H,18H2,1-5H3;1H/q+1;/p-1.